The number of halogens is 2. The summed E-state index contributed by atoms with van der Waals surface area (Å²) in [5.41, 5.74) is 0.219. The number of hydrogen-bond acceptors (Lipinski definition) is 3. The molecule has 0 aliphatic heterocycles. The lowest BCUT2D eigenvalue weighted by Crippen LogP contribution is -2.31. The zero-order chi connectivity index (χ0) is 15.6. The van der Waals surface area contributed by atoms with Gasteiger partial charge in [-0.1, -0.05) is 20.8 Å². The van der Waals surface area contributed by atoms with Gasteiger partial charge in [0.25, 0.3) is 0 Å². The van der Waals surface area contributed by atoms with Gasteiger partial charge < -0.3 is 4.74 Å². The van der Waals surface area contributed by atoms with Crippen LogP contribution in [-0.4, -0.2) is 20.8 Å². The van der Waals surface area contributed by atoms with E-state index in [9.17, 15) is 12.8 Å². The Hall–Kier alpha value is -0.810. The van der Waals surface area contributed by atoms with Crippen LogP contribution in [0.15, 0.2) is 18.2 Å². The van der Waals surface area contributed by atoms with Gasteiger partial charge in [0.2, 0.25) is 9.05 Å². The monoisotopic (exact) mass is 322 g/mol. The third kappa shape index (κ3) is 5.67. The van der Waals surface area contributed by atoms with Crippen LogP contribution in [0.4, 0.5) is 4.39 Å². The fraction of sp³-hybridized carbons (Fsp3) is 0.571. The van der Waals surface area contributed by atoms with E-state index in [-0.39, 0.29) is 29.5 Å². The summed E-state index contributed by atoms with van der Waals surface area (Å²) in [5, 5.41) is 0. The fourth-order valence-electron chi connectivity index (χ4n) is 1.69. The van der Waals surface area contributed by atoms with Crippen molar-refractivity contribution in [1.82, 2.24) is 0 Å². The van der Waals surface area contributed by atoms with Crippen molar-refractivity contribution in [3.8, 4) is 5.75 Å². The lowest BCUT2D eigenvalue weighted by molar-refractivity contribution is 0.163. The largest absolute Gasteiger partial charge is 0.493 e. The number of rotatable bonds is 5. The summed E-state index contributed by atoms with van der Waals surface area (Å²) in [6, 6.07) is 4.44. The Morgan fingerprint density at radius 3 is 2.40 bits per heavy atom. The molecule has 1 unspecified atom stereocenters. The van der Waals surface area contributed by atoms with E-state index < -0.39 is 9.05 Å². The van der Waals surface area contributed by atoms with Gasteiger partial charge in [0, 0.05) is 16.6 Å². The van der Waals surface area contributed by atoms with Gasteiger partial charge in [-0.05, 0) is 36.1 Å². The van der Waals surface area contributed by atoms with E-state index in [1.807, 2.05) is 20.8 Å². The predicted octanol–water partition coefficient (Wildman–Crippen LogP) is 3.74. The van der Waals surface area contributed by atoms with Gasteiger partial charge in [0.15, 0.2) is 0 Å². The first-order valence-electron chi connectivity index (χ1n) is 6.30. The van der Waals surface area contributed by atoms with Crippen LogP contribution >= 0.6 is 10.7 Å². The minimum atomic E-state index is -3.59. The first kappa shape index (κ1) is 17.2. The van der Waals surface area contributed by atoms with E-state index in [4.69, 9.17) is 15.4 Å². The van der Waals surface area contributed by atoms with Crippen molar-refractivity contribution in [1.29, 1.82) is 0 Å². The molecule has 0 N–H and O–H groups in total. The number of aryl methyl sites for hydroxylation is 1. The summed E-state index contributed by atoms with van der Waals surface area (Å²) < 4.78 is 41.3. The molecule has 0 bridgehead atoms. The number of ether oxygens (including phenoxy) is 1. The zero-order valence-electron chi connectivity index (χ0n) is 12.1. The zero-order valence-corrected chi connectivity index (χ0v) is 13.7. The predicted molar refractivity (Wildman–Crippen MR) is 79.2 cm³/mol. The minimum Gasteiger partial charge on any atom is -0.493 e. The number of benzene rings is 1. The molecule has 0 aliphatic rings. The van der Waals surface area contributed by atoms with E-state index in [0.717, 1.165) is 0 Å². The van der Waals surface area contributed by atoms with Crippen molar-refractivity contribution >= 4 is 19.7 Å². The highest BCUT2D eigenvalue weighted by Gasteiger charge is 2.29. The summed E-state index contributed by atoms with van der Waals surface area (Å²) >= 11 is 0. The van der Waals surface area contributed by atoms with Crippen molar-refractivity contribution in [3.05, 3.63) is 29.6 Å². The maximum Gasteiger partial charge on any atom is 0.233 e. The Morgan fingerprint density at radius 2 is 1.95 bits per heavy atom. The molecular formula is C14H20ClFO3S. The average molecular weight is 323 g/mol. The van der Waals surface area contributed by atoms with Crippen LogP contribution in [-0.2, 0) is 9.05 Å². The third-order valence-corrected chi connectivity index (χ3v) is 4.38. The summed E-state index contributed by atoms with van der Waals surface area (Å²) in [4.78, 5) is 0. The summed E-state index contributed by atoms with van der Waals surface area (Å²) in [7, 11) is 1.74. The quantitative estimate of drug-likeness (QED) is 0.775. The van der Waals surface area contributed by atoms with Gasteiger partial charge >= 0.3 is 0 Å². The molecule has 1 aromatic carbocycles. The lowest BCUT2D eigenvalue weighted by atomic mass is 9.82. The molecule has 0 aliphatic carbocycles. The third-order valence-electron chi connectivity index (χ3n) is 3.21. The molecule has 114 valence electrons. The second-order valence-electron chi connectivity index (χ2n) is 5.99. The molecular weight excluding hydrogens is 303 g/mol. The van der Waals surface area contributed by atoms with Crippen LogP contribution in [0.1, 0.15) is 26.3 Å². The SMILES string of the molecule is Cc1cc(OCC(CS(=O)(=O)Cl)C(C)(C)C)ccc1F. The van der Waals surface area contributed by atoms with E-state index in [2.05, 4.69) is 0 Å². The molecule has 1 atom stereocenters. The highest BCUT2D eigenvalue weighted by atomic mass is 35.7. The maximum atomic E-state index is 13.2. The minimum absolute atomic E-state index is 0.155. The van der Waals surface area contributed by atoms with Crippen molar-refractivity contribution in [2.24, 2.45) is 11.3 Å². The summed E-state index contributed by atoms with van der Waals surface area (Å²) in [6.45, 7) is 7.64. The van der Waals surface area contributed by atoms with Crippen LogP contribution in [0.2, 0.25) is 0 Å². The Kier molecular flexibility index (Phi) is 5.44. The Labute approximate surface area is 124 Å². The highest BCUT2D eigenvalue weighted by molar-refractivity contribution is 8.13. The first-order valence-corrected chi connectivity index (χ1v) is 8.78. The second-order valence-corrected chi connectivity index (χ2v) is 8.81. The van der Waals surface area contributed by atoms with Gasteiger partial charge in [0.05, 0.1) is 12.4 Å². The molecule has 0 saturated heterocycles. The molecule has 0 saturated carbocycles. The molecule has 0 heterocycles. The maximum absolute atomic E-state index is 13.2. The first-order chi connectivity index (χ1) is 8.99. The Balaban J connectivity index is 2.78. The molecule has 0 radical (unpaired) electrons. The van der Waals surface area contributed by atoms with Crippen LogP contribution < -0.4 is 4.74 Å². The Bertz CT molecular complexity index is 564. The summed E-state index contributed by atoms with van der Waals surface area (Å²) in [6.07, 6.45) is 0. The molecule has 0 aromatic heterocycles. The van der Waals surface area contributed by atoms with Crippen molar-refractivity contribution in [2.45, 2.75) is 27.7 Å². The topological polar surface area (TPSA) is 43.4 Å². The molecule has 0 amide bonds. The van der Waals surface area contributed by atoms with Gasteiger partial charge in [-0.2, -0.15) is 0 Å². The van der Waals surface area contributed by atoms with Crippen LogP contribution in [0, 0.1) is 24.1 Å². The van der Waals surface area contributed by atoms with Crippen LogP contribution in [0.3, 0.4) is 0 Å². The van der Waals surface area contributed by atoms with E-state index >= 15 is 0 Å². The highest BCUT2D eigenvalue weighted by Crippen LogP contribution is 2.29. The lowest BCUT2D eigenvalue weighted by Gasteiger charge is -2.29. The molecule has 6 heteroatoms. The van der Waals surface area contributed by atoms with Crippen molar-refractivity contribution in [2.75, 3.05) is 12.4 Å². The molecule has 3 nitrogen and oxygen atoms in total. The Morgan fingerprint density at radius 1 is 1.35 bits per heavy atom. The smallest absolute Gasteiger partial charge is 0.233 e. The van der Waals surface area contributed by atoms with E-state index in [1.165, 1.54) is 12.1 Å². The van der Waals surface area contributed by atoms with Gasteiger partial charge in [-0.15, -0.1) is 0 Å². The molecule has 1 aromatic rings. The van der Waals surface area contributed by atoms with Crippen LogP contribution in [0.25, 0.3) is 0 Å². The van der Waals surface area contributed by atoms with E-state index in [1.54, 1.807) is 13.0 Å². The van der Waals surface area contributed by atoms with Crippen molar-refractivity contribution in [3.63, 3.8) is 0 Å². The fourth-order valence-corrected chi connectivity index (χ4v) is 3.23. The van der Waals surface area contributed by atoms with E-state index in [0.29, 0.717) is 11.3 Å². The van der Waals surface area contributed by atoms with Gasteiger partial charge in [0.1, 0.15) is 11.6 Å². The molecule has 1 rings (SSSR count). The van der Waals surface area contributed by atoms with Crippen molar-refractivity contribution < 1.29 is 17.5 Å². The standard InChI is InChI=1S/C14H20ClFO3S/c1-10-7-12(5-6-13(10)16)19-8-11(14(2,3)4)9-20(15,17)18/h5-7,11H,8-9H2,1-4H3. The van der Waals surface area contributed by atoms with Gasteiger partial charge in [-0.25, -0.2) is 12.8 Å². The molecule has 20 heavy (non-hydrogen) atoms. The van der Waals surface area contributed by atoms with Crippen LogP contribution in [0.5, 0.6) is 5.75 Å². The van der Waals surface area contributed by atoms with Gasteiger partial charge in [-0.3, -0.25) is 0 Å². The molecule has 0 fully saturated rings. The average Bonchev–Trinajstić information content (AvgIpc) is 2.26. The number of hydrogen-bond donors (Lipinski definition) is 0. The normalized spacial score (nSPS) is 14.1. The summed E-state index contributed by atoms with van der Waals surface area (Å²) in [5.74, 6) is -0.188. The molecule has 0 spiro atoms. The second kappa shape index (κ2) is 6.31.